The van der Waals surface area contributed by atoms with Crippen molar-refractivity contribution in [2.75, 3.05) is 46.0 Å². The molecular weight excluding hydrogens is 536 g/mol. The van der Waals surface area contributed by atoms with Crippen LogP contribution in [0.5, 0.6) is 5.75 Å². The maximum atomic E-state index is 13.3. The first-order valence-electron chi connectivity index (χ1n) is 13.0. The van der Waals surface area contributed by atoms with E-state index in [0.717, 1.165) is 60.2 Å². The molecule has 2 saturated heterocycles. The summed E-state index contributed by atoms with van der Waals surface area (Å²) < 4.78 is 12.1. The molecule has 0 aromatic heterocycles. The number of likely N-dealkylation sites (tertiary alicyclic amines) is 1. The number of aryl methyl sites for hydroxylation is 1. The van der Waals surface area contributed by atoms with E-state index in [1.54, 1.807) is 17.0 Å². The maximum Gasteiger partial charge on any atom is 0.295 e. The predicted molar refractivity (Wildman–Crippen MR) is 147 cm³/mol. The number of ether oxygens (including phenoxy) is 2. The minimum Gasteiger partial charge on any atom is -0.507 e. The topological polar surface area (TPSA) is 79.3 Å². The molecule has 7 nitrogen and oxygen atoms in total. The molecule has 2 aliphatic rings. The van der Waals surface area contributed by atoms with E-state index in [4.69, 9.17) is 9.47 Å². The number of aliphatic hydroxyl groups is 1. The van der Waals surface area contributed by atoms with Gasteiger partial charge in [0.2, 0.25) is 0 Å². The van der Waals surface area contributed by atoms with Crippen LogP contribution >= 0.6 is 15.9 Å². The fourth-order valence-electron chi connectivity index (χ4n) is 4.86. The molecule has 1 N–H and O–H groups in total. The summed E-state index contributed by atoms with van der Waals surface area (Å²) >= 11 is 3.51. The Morgan fingerprint density at radius 2 is 1.89 bits per heavy atom. The summed E-state index contributed by atoms with van der Waals surface area (Å²) in [5, 5.41) is 11.4. The Balaban J connectivity index is 1.64. The average Bonchev–Trinajstić information content (AvgIpc) is 3.15. The zero-order valence-electron chi connectivity index (χ0n) is 21.5. The summed E-state index contributed by atoms with van der Waals surface area (Å²) in [7, 11) is 0. The monoisotopic (exact) mass is 570 g/mol. The van der Waals surface area contributed by atoms with Crippen LogP contribution in [0.1, 0.15) is 48.9 Å². The minimum atomic E-state index is -0.664. The van der Waals surface area contributed by atoms with Crippen LogP contribution in [0.2, 0.25) is 0 Å². The van der Waals surface area contributed by atoms with E-state index in [0.29, 0.717) is 31.9 Å². The summed E-state index contributed by atoms with van der Waals surface area (Å²) in [6.07, 6.45) is 2.73. The molecule has 198 valence electrons. The SMILES string of the molecule is CCCCOc1ccc(C(O)=C2C(=O)C(=O)N(CCCN3CCOCC3)[C@H]2c2cccc(Br)c2)cc1C. The molecule has 8 heteroatoms. The van der Waals surface area contributed by atoms with Crippen molar-refractivity contribution < 1.29 is 24.2 Å². The lowest BCUT2D eigenvalue weighted by molar-refractivity contribution is -0.140. The van der Waals surface area contributed by atoms with Crippen molar-refractivity contribution in [3.63, 3.8) is 0 Å². The number of benzene rings is 2. The van der Waals surface area contributed by atoms with Crippen LogP contribution in [-0.4, -0.2) is 72.6 Å². The Kier molecular flexibility index (Phi) is 9.40. The van der Waals surface area contributed by atoms with Crippen molar-refractivity contribution in [3.05, 3.63) is 69.2 Å². The molecule has 0 unspecified atom stereocenters. The maximum absolute atomic E-state index is 13.3. The highest BCUT2D eigenvalue weighted by Gasteiger charge is 2.45. The smallest absolute Gasteiger partial charge is 0.295 e. The second-order valence-corrected chi connectivity index (χ2v) is 10.5. The molecule has 2 aromatic rings. The minimum absolute atomic E-state index is 0.119. The number of ketones is 1. The highest BCUT2D eigenvalue weighted by atomic mass is 79.9. The Bertz CT molecular complexity index is 1160. The van der Waals surface area contributed by atoms with Crippen molar-refractivity contribution in [2.45, 2.75) is 39.2 Å². The standard InChI is InChI=1S/C29H35BrN2O5/c1-3-4-15-37-24-10-9-22(18-20(24)2)27(33)25-26(21-7-5-8-23(30)19-21)32(29(35)28(25)34)12-6-11-31-13-16-36-17-14-31/h5,7-10,18-19,26,33H,3-4,6,11-17H2,1-2H3/t26-/m0/s1. The molecule has 1 amide bonds. The van der Waals surface area contributed by atoms with Gasteiger partial charge in [0.1, 0.15) is 11.5 Å². The predicted octanol–water partition coefficient (Wildman–Crippen LogP) is 5.08. The molecule has 2 aromatic carbocycles. The third-order valence-corrected chi connectivity index (χ3v) is 7.38. The Labute approximate surface area is 227 Å². The average molecular weight is 572 g/mol. The molecule has 2 aliphatic heterocycles. The number of hydrogen-bond donors (Lipinski definition) is 1. The molecule has 0 aliphatic carbocycles. The summed E-state index contributed by atoms with van der Waals surface area (Å²) in [6.45, 7) is 9.03. The largest absolute Gasteiger partial charge is 0.507 e. The molecule has 2 fully saturated rings. The number of hydrogen-bond acceptors (Lipinski definition) is 6. The number of carbonyl (C=O) groups is 2. The highest BCUT2D eigenvalue weighted by Crippen LogP contribution is 2.40. The lowest BCUT2D eigenvalue weighted by Gasteiger charge is -2.29. The zero-order valence-corrected chi connectivity index (χ0v) is 23.1. The third kappa shape index (κ3) is 6.43. The van der Waals surface area contributed by atoms with Crippen molar-refractivity contribution >= 4 is 33.4 Å². The van der Waals surface area contributed by atoms with Crippen LogP contribution < -0.4 is 4.74 Å². The number of unbranched alkanes of at least 4 members (excludes halogenated alkanes) is 1. The number of amides is 1. The molecule has 2 heterocycles. The molecular formula is C29H35BrN2O5. The number of aliphatic hydroxyl groups excluding tert-OH is 1. The first-order chi connectivity index (χ1) is 17.9. The van der Waals surface area contributed by atoms with Gasteiger partial charge in [0.15, 0.2) is 0 Å². The van der Waals surface area contributed by atoms with Crippen LogP contribution in [0.25, 0.3) is 5.76 Å². The van der Waals surface area contributed by atoms with Crippen molar-refractivity contribution in [3.8, 4) is 5.75 Å². The fourth-order valence-corrected chi connectivity index (χ4v) is 5.28. The molecule has 0 spiro atoms. The van der Waals surface area contributed by atoms with Crippen molar-refractivity contribution in [1.82, 2.24) is 9.80 Å². The second-order valence-electron chi connectivity index (χ2n) is 9.54. The molecule has 0 bridgehead atoms. The van der Waals surface area contributed by atoms with E-state index < -0.39 is 17.7 Å². The zero-order chi connectivity index (χ0) is 26.4. The number of Topliss-reactive ketones (excluding diaryl/α,β-unsaturated/α-hetero) is 1. The summed E-state index contributed by atoms with van der Waals surface area (Å²) in [5.74, 6) is -0.654. The summed E-state index contributed by atoms with van der Waals surface area (Å²) in [6, 6.07) is 12.3. The number of halogens is 1. The fraction of sp³-hybridized carbons (Fsp3) is 0.448. The van der Waals surface area contributed by atoms with Gasteiger partial charge in [0, 0.05) is 36.2 Å². The van der Waals surface area contributed by atoms with Gasteiger partial charge >= 0.3 is 0 Å². The molecule has 0 saturated carbocycles. The third-order valence-electron chi connectivity index (χ3n) is 6.89. The van der Waals surface area contributed by atoms with Crippen LogP contribution in [0.4, 0.5) is 0 Å². The lowest BCUT2D eigenvalue weighted by Crippen LogP contribution is -2.38. The van der Waals surface area contributed by atoms with Crippen molar-refractivity contribution in [1.29, 1.82) is 0 Å². The van der Waals surface area contributed by atoms with Gasteiger partial charge in [-0.3, -0.25) is 14.5 Å². The Morgan fingerprint density at radius 3 is 2.59 bits per heavy atom. The van der Waals surface area contributed by atoms with Gasteiger partial charge in [0.25, 0.3) is 11.7 Å². The number of rotatable bonds is 10. The van der Waals surface area contributed by atoms with E-state index in [2.05, 4.69) is 27.8 Å². The van der Waals surface area contributed by atoms with E-state index in [9.17, 15) is 14.7 Å². The lowest BCUT2D eigenvalue weighted by atomic mass is 9.94. The van der Waals surface area contributed by atoms with Crippen LogP contribution in [-0.2, 0) is 14.3 Å². The number of carbonyl (C=O) groups excluding carboxylic acids is 2. The van der Waals surface area contributed by atoms with Gasteiger partial charge in [-0.25, -0.2) is 0 Å². The molecule has 4 rings (SSSR count). The van der Waals surface area contributed by atoms with Crippen LogP contribution in [0, 0.1) is 6.92 Å². The van der Waals surface area contributed by atoms with Gasteiger partial charge in [-0.2, -0.15) is 0 Å². The first kappa shape index (κ1) is 27.4. The first-order valence-corrected chi connectivity index (χ1v) is 13.8. The summed E-state index contributed by atoms with van der Waals surface area (Å²) in [4.78, 5) is 30.5. The number of morpholine rings is 1. The van der Waals surface area contributed by atoms with E-state index in [-0.39, 0.29) is 11.3 Å². The second kappa shape index (κ2) is 12.7. The molecule has 37 heavy (non-hydrogen) atoms. The van der Waals surface area contributed by atoms with Gasteiger partial charge in [0.05, 0.1) is 31.4 Å². The van der Waals surface area contributed by atoms with Crippen LogP contribution in [0.3, 0.4) is 0 Å². The van der Waals surface area contributed by atoms with Crippen LogP contribution in [0.15, 0.2) is 52.5 Å². The Hall–Kier alpha value is -2.68. The molecule has 1 atom stereocenters. The van der Waals surface area contributed by atoms with Gasteiger partial charge in [-0.15, -0.1) is 0 Å². The Morgan fingerprint density at radius 1 is 1.11 bits per heavy atom. The number of nitrogens with zero attached hydrogens (tertiary/aromatic N) is 2. The van der Waals surface area contributed by atoms with E-state index in [1.807, 2.05) is 37.3 Å². The van der Waals surface area contributed by atoms with Gasteiger partial charge in [-0.05, 0) is 61.2 Å². The molecule has 0 radical (unpaired) electrons. The van der Waals surface area contributed by atoms with Gasteiger partial charge < -0.3 is 19.5 Å². The quantitative estimate of drug-likeness (QED) is 0.186. The normalized spacial score (nSPS) is 20.0. The van der Waals surface area contributed by atoms with E-state index >= 15 is 0 Å². The summed E-state index contributed by atoms with van der Waals surface area (Å²) in [5.41, 5.74) is 2.25. The van der Waals surface area contributed by atoms with E-state index in [1.165, 1.54) is 0 Å². The van der Waals surface area contributed by atoms with Gasteiger partial charge in [-0.1, -0.05) is 41.4 Å². The van der Waals surface area contributed by atoms with Crippen molar-refractivity contribution in [2.24, 2.45) is 0 Å². The highest BCUT2D eigenvalue weighted by molar-refractivity contribution is 9.10.